The summed E-state index contributed by atoms with van der Waals surface area (Å²) in [6.45, 7) is 1.93. The largest absolute Gasteiger partial charge is 0.325 e. The molecule has 0 bridgehead atoms. The van der Waals surface area contributed by atoms with Crippen LogP contribution in [0.25, 0.3) is 6.08 Å². The summed E-state index contributed by atoms with van der Waals surface area (Å²) >= 11 is 13.6. The van der Waals surface area contributed by atoms with Crippen molar-refractivity contribution in [3.05, 3.63) is 165 Å². The van der Waals surface area contributed by atoms with E-state index in [2.05, 4.69) is 16.0 Å². The Kier molecular flexibility index (Phi) is 10.9. The highest BCUT2D eigenvalue weighted by Gasteiger charge is 2.23. The van der Waals surface area contributed by atoms with E-state index >= 15 is 0 Å². The Morgan fingerprint density at radius 2 is 1.30 bits per heavy atom. The lowest BCUT2D eigenvalue weighted by Gasteiger charge is -2.18. The number of nitrogens with one attached hydrogen (secondary N) is 3. The molecule has 46 heavy (non-hydrogen) atoms. The molecule has 0 heterocycles. The molecule has 230 valence electrons. The van der Waals surface area contributed by atoms with Gasteiger partial charge < -0.3 is 16.0 Å². The summed E-state index contributed by atoms with van der Waals surface area (Å²) in [6, 6.07) is 37.8. The fourth-order valence-corrected chi connectivity index (χ4v) is 6.08. The zero-order valence-corrected chi connectivity index (χ0v) is 27.0. The van der Waals surface area contributed by atoms with E-state index in [4.69, 9.17) is 23.2 Å². The standard InChI is InChI=1S/C37H29Cl2N3O3S/c1-24-10-8-9-15-27(24)20-33(42-35(43)26-13-6-3-7-14-26)36(44)40-30-16-18-32(19-17-30)46-34(25-11-4-2-5-12-25)37(45)41-31-22-28(38)21-29(39)23-31/h2-23,34H,1H3,(H,40,44)(H,41,45)(H,42,43)/b33-20-. The first kappa shape index (κ1) is 32.6. The minimum absolute atomic E-state index is 0.100. The van der Waals surface area contributed by atoms with Gasteiger partial charge in [0.2, 0.25) is 5.91 Å². The van der Waals surface area contributed by atoms with Gasteiger partial charge in [-0.1, -0.05) is 96.0 Å². The summed E-state index contributed by atoms with van der Waals surface area (Å²) in [6.07, 6.45) is 1.66. The lowest BCUT2D eigenvalue weighted by Crippen LogP contribution is -2.30. The molecule has 1 atom stereocenters. The van der Waals surface area contributed by atoms with Crippen molar-refractivity contribution in [2.75, 3.05) is 10.6 Å². The van der Waals surface area contributed by atoms with Crippen LogP contribution in [0.1, 0.15) is 32.3 Å². The summed E-state index contributed by atoms with van der Waals surface area (Å²) in [5, 5.41) is 8.82. The Hall–Kier alpha value is -4.82. The molecule has 0 radical (unpaired) electrons. The SMILES string of the molecule is Cc1ccccc1/C=C(\NC(=O)c1ccccc1)C(=O)Nc1ccc(SC(C(=O)Nc2cc(Cl)cc(Cl)c2)c2ccccc2)cc1. The summed E-state index contributed by atoms with van der Waals surface area (Å²) in [4.78, 5) is 40.7. The van der Waals surface area contributed by atoms with E-state index in [1.807, 2.05) is 79.7 Å². The predicted octanol–water partition coefficient (Wildman–Crippen LogP) is 9.18. The maximum Gasteiger partial charge on any atom is 0.272 e. The van der Waals surface area contributed by atoms with Gasteiger partial charge in [0.05, 0.1) is 0 Å². The van der Waals surface area contributed by atoms with Gasteiger partial charge in [-0.15, -0.1) is 11.8 Å². The normalized spacial score (nSPS) is 11.8. The van der Waals surface area contributed by atoms with Gasteiger partial charge in [-0.25, -0.2) is 0 Å². The molecule has 0 aromatic heterocycles. The molecule has 5 aromatic rings. The predicted molar refractivity (Wildman–Crippen MR) is 188 cm³/mol. The molecule has 0 aliphatic carbocycles. The fourth-order valence-electron chi connectivity index (χ4n) is 4.53. The van der Waals surface area contributed by atoms with E-state index in [1.54, 1.807) is 60.7 Å². The molecule has 0 spiro atoms. The second-order valence-corrected chi connectivity index (χ2v) is 12.3. The van der Waals surface area contributed by atoms with Crippen molar-refractivity contribution in [2.45, 2.75) is 17.1 Å². The van der Waals surface area contributed by atoms with Crippen LogP contribution in [0.3, 0.4) is 0 Å². The zero-order chi connectivity index (χ0) is 32.5. The second-order valence-electron chi connectivity index (χ2n) is 10.3. The van der Waals surface area contributed by atoms with Crippen LogP contribution in [-0.4, -0.2) is 17.7 Å². The van der Waals surface area contributed by atoms with Crippen LogP contribution in [0, 0.1) is 6.92 Å². The van der Waals surface area contributed by atoms with Gasteiger partial charge >= 0.3 is 0 Å². The van der Waals surface area contributed by atoms with Gasteiger partial charge in [0.15, 0.2) is 0 Å². The molecular formula is C37H29Cl2N3O3S. The first-order valence-corrected chi connectivity index (χ1v) is 15.9. The van der Waals surface area contributed by atoms with E-state index in [0.717, 1.165) is 21.6 Å². The number of amides is 3. The number of carbonyl (C=O) groups is 3. The molecule has 5 aromatic carbocycles. The van der Waals surface area contributed by atoms with Crippen molar-refractivity contribution < 1.29 is 14.4 Å². The second kappa shape index (κ2) is 15.5. The van der Waals surface area contributed by atoms with Gasteiger partial charge in [0.25, 0.3) is 11.8 Å². The molecule has 3 amide bonds. The van der Waals surface area contributed by atoms with Gasteiger partial charge in [-0.2, -0.15) is 0 Å². The average molecular weight is 667 g/mol. The van der Waals surface area contributed by atoms with E-state index in [0.29, 0.717) is 27.0 Å². The molecule has 0 aliphatic rings. The van der Waals surface area contributed by atoms with Gasteiger partial charge in [0, 0.05) is 31.9 Å². The highest BCUT2D eigenvalue weighted by Crippen LogP contribution is 2.37. The van der Waals surface area contributed by atoms with Crippen LogP contribution in [-0.2, 0) is 9.59 Å². The number of aryl methyl sites for hydroxylation is 1. The van der Waals surface area contributed by atoms with Crippen molar-refractivity contribution in [2.24, 2.45) is 0 Å². The molecule has 0 saturated carbocycles. The molecular weight excluding hydrogens is 637 g/mol. The Balaban J connectivity index is 1.33. The van der Waals surface area contributed by atoms with Gasteiger partial charge in [-0.05, 0) is 84.3 Å². The minimum atomic E-state index is -0.587. The van der Waals surface area contributed by atoms with Crippen LogP contribution in [0.15, 0.2) is 138 Å². The Morgan fingerprint density at radius 3 is 1.96 bits per heavy atom. The van der Waals surface area contributed by atoms with Crippen LogP contribution >= 0.6 is 35.0 Å². The van der Waals surface area contributed by atoms with Gasteiger partial charge in [0.1, 0.15) is 10.9 Å². The number of carbonyl (C=O) groups excluding carboxylic acids is 3. The summed E-state index contributed by atoms with van der Waals surface area (Å²) in [5.74, 6) is -1.12. The van der Waals surface area contributed by atoms with Crippen molar-refractivity contribution in [3.8, 4) is 0 Å². The summed E-state index contributed by atoms with van der Waals surface area (Å²) < 4.78 is 0. The number of benzene rings is 5. The number of anilines is 2. The van der Waals surface area contributed by atoms with Crippen molar-refractivity contribution >= 4 is 70.1 Å². The van der Waals surface area contributed by atoms with Crippen molar-refractivity contribution in [3.63, 3.8) is 0 Å². The van der Waals surface area contributed by atoms with Gasteiger partial charge in [-0.3, -0.25) is 14.4 Å². The van der Waals surface area contributed by atoms with Crippen LogP contribution < -0.4 is 16.0 Å². The molecule has 6 nitrogen and oxygen atoms in total. The molecule has 5 rings (SSSR count). The first-order valence-electron chi connectivity index (χ1n) is 14.3. The molecule has 9 heteroatoms. The van der Waals surface area contributed by atoms with Crippen LogP contribution in [0.2, 0.25) is 10.0 Å². The van der Waals surface area contributed by atoms with E-state index in [9.17, 15) is 14.4 Å². The smallest absolute Gasteiger partial charge is 0.272 e. The number of hydrogen-bond acceptors (Lipinski definition) is 4. The zero-order valence-electron chi connectivity index (χ0n) is 24.7. The molecule has 0 fully saturated rings. The number of rotatable bonds is 10. The number of hydrogen-bond donors (Lipinski definition) is 3. The highest BCUT2D eigenvalue weighted by atomic mass is 35.5. The maximum absolute atomic E-state index is 13.5. The third kappa shape index (κ3) is 8.88. The quantitative estimate of drug-likeness (QED) is 0.103. The van der Waals surface area contributed by atoms with Crippen molar-refractivity contribution in [1.82, 2.24) is 5.32 Å². The summed E-state index contributed by atoms with van der Waals surface area (Å²) in [7, 11) is 0. The third-order valence-electron chi connectivity index (χ3n) is 6.85. The van der Waals surface area contributed by atoms with Crippen LogP contribution in [0.4, 0.5) is 11.4 Å². The number of thioether (sulfide) groups is 1. The van der Waals surface area contributed by atoms with Crippen LogP contribution in [0.5, 0.6) is 0 Å². The highest BCUT2D eigenvalue weighted by molar-refractivity contribution is 8.00. The Morgan fingerprint density at radius 1 is 0.696 bits per heavy atom. The molecule has 1 unspecified atom stereocenters. The first-order chi connectivity index (χ1) is 22.2. The lowest BCUT2D eigenvalue weighted by atomic mass is 10.1. The van der Waals surface area contributed by atoms with E-state index < -0.39 is 17.1 Å². The summed E-state index contributed by atoms with van der Waals surface area (Å²) in [5.41, 5.74) is 4.13. The van der Waals surface area contributed by atoms with E-state index in [-0.39, 0.29) is 11.6 Å². The molecule has 0 saturated heterocycles. The van der Waals surface area contributed by atoms with E-state index in [1.165, 1.54) is 11.8 Å². The van der Waals surface area contributed by atoms with Crippen molar-refractivity contribution in [1.29, 1.82) is 0 Å². The topological polar surface area (TPSA) is 87.3 Å². The average Bonchev–Trinajstić information content (AvgIpc) is 3.05. The monoisotopic (exact) mass is 665 g/mol. The Bertz CT molecular complexity index is 1860. The Labute approximate surface area is 281 Å². The maximum atomic E-state index is 13.5. The number of halogens is 2. The lowest BCUT2D eigenvalue weighted by molar-refractivity contribution is -0.116. The molecule has 0 aliphatic heterocycles. The minimum Gasteiger partial charge on any atom is -0.325 e. The third-order valence-corrected chi connectivity index (χ3v) is 8.56. The fraction of sp³-hybridized carbons (Fsp3) is 0.0541. The molecule has 3 N–H and O–H groups in total.